The van der Waals surface area contributed by atoms with Crippen molar-refractivity contribution < 1.29 is 9.47 Å². The Morgan fingerprint density at radius 1 is 1.25 bits per heavy atom. The first kappa shape index (κ1) is 17.9. The van der Waals surface area contributed by atoms with E-state index < -0.39 is 0 Å². The van der Waals surface area contributed by atoms with Crippen LogP contribution in [-0.2, 0) is 9.47 Å². The van der Waals surface area contributed by atoms with Gasteiger partial charge in [0.1, 0.15) is 0 Å². The number of hydrogen-bond donors (Lipinski definition) is 2. The molecule has 1 saturated heterocycles. The zero-order valence-corrected chi connectivity index (χ0v) is 14.4. The second kappa shape index (κ2) is 6.30. The van der Waals surface area contributed by atoms with Gasteiger partial charge in [0.2, 0.25) is 0 Å². The van der Waals surface area contributed by atoms with Crippen LogP contribution in [0.2, 0.25) is 0 Å². The summed E-state index contributed by atoms with van der Waals surface area (Å²) >= 11 is 0. The Bertz CT molecular complexity index is 312. The molecule has 4 nitrogen and oxygen atoms in total. The average molecular weight is 286 g/mol. The van der Waals surface area contributed by atoms with Crippen molar-refractivity contribution in [2.75, 3.05) is 6.61 Å². The van der Waals surface area contributed by atoms with E-state index in [1.165, 1.54) is 0 Å². The molecule has 0 radical (unpaired) electrons. The number of nitrogens with two attached hydrogens (primary N) is 1. The van der Waals surface area contributed by atoms with E-state index in [2.05, 4.69) is 47.0 Å². The van der Waals surface area contributed by atoms with Crippen molar-refractivity contribution in [1.29, 1.82) is 0 Å². The highest BCUT2D eigenvalue weighted by atomic mass is 16.5. The molecule has 1 aliphatic heterocycles. The van der Waals surface area contributed by atoms with Crippen molar-refractivity contribution in [3.8, 4) is 0 Å². The molecular formula is C16H34N2O2. The maximum atomic E-state index is 6.24. The fourth-order valence-electron chi connectivity index (χ4n) is 4.03. The molecule has 4 heteroatoms. The smallest absolute Gasteiger partial charge is 0.0846 e. The molecule has 0 aromatic rings. The van der Waals surface area contributed by atoms with Crippen molar-refractivity contribution in [2.45, 2.75) is 90.6 Å². The Morgan fingerprint density at radius 3 is 2.10 bits per heavy atom. The summed E-state index contributed by atoms with van der Waals surface area (Å²) in [5, 5.41) is 0. The SMILES string of the molecule is CCOC(CC)(CC)C(NN)C1CC(C)(C)OC1(C)C. The fraction of sp³-hybridized carbons (Fsp3) is 1.00. The second-order valence-electron chi connectivity index (χ2n) is 7.13. The topological polar surface area (TPSA) is 56.5 Å². The molecule has 0 bridgehead atoms. The monoisotopic (exact) mass is 286 g/mol. The fourth-order valence-corrected chi connectivity index (χ4v) is 4.03. The Kier molecular flexibility index (Phi) is 5.64. The van der Waals surface area contributed by atoms with Gasteiger partial charge in [0, 0.05) is 12.5 Å². The molecule has 120 valence electrons. The highest BCUT2D eigenvalue weighted by molar-refractivity contribution is 5.05. The molecule has 0 spiro atoms. The largest absolute Gasteiger partial charge is 0.374 e. The standard InChI is InChI=1S/C16H34N2O2/c1-8-16(9-2,19-10-3)13(18-17)12-11-14(4,5)20-15(12,6)7/h12-13,18H,8-11,17H2,1-7H3. The van der Waals surface area contributed by atoms with E-state index in [0.717, 1.165) is 19.3 Å². The van der Waals surface area contributed by atoms with Gasteiger partial charge in [0.25, 0.3) is 0 Å². The Labute approximate surface area is 124 Å². The summed E-state index contributed by atoms with van der Waals surface area (Å²) in [6, 6.07) is 0.0919. The number of nitrogens with one attached hydrogen (secondary N) is 1. The second-order valence-corrected chi connectivity index (χ2v) is 7.13. The third kappa shape index (κ3) is 3.35. The molecule has 0 aliphatic carbocycles. The maximum Gasteiger partial charge on any atom is 0.0846 e. The molecule has 1 rings (SSSR count). The van der Waals surface area contributed by atoms with Crippen LogP contribution in [0.3, 0.4) is 0 Å². The van der Waals surface area contributed by atoms with Crippen LogP contribution in [0.15, 0.2) is 0 Å². The lowest BCUT2D eigenvalue weighted by atomic mass is 9.72. The van der Waals surface area contributed by atoms with E-state index in [1.807, 2.05) is 6.92 Å². The van der Waals surface area contributed by atoms with Gasteiger partial charge in [-0.25, -0.2) is 0 Å². The molecular weight excluding hydrogens is 252 g/mol. The molecule has 1 fully saturated rings. The van der Waals surface area contributed by atoms with E-state index in [9.17, 15) is 0 Å². The van der Waals surface area contributed by atoms with Crippen LogP contribution in [0.25, 0.3) is 0 Å². The minimum absolute atomic E-state index is 0.0919. The summed E-state index contributed by atoms with van der Waals surface area (Å²) in [5.41, 5.74) is 2.52. The van der Waals surface area contributed by atoms with Gasteiger partial charge < -0.3 is 9.47 Å². The maximum absolute atomic E-state index is 6.24. The summed E-state index contributed by atoms with van der Waals surface area (Å²) in [6.45, 7) is 15.8. The summed E-state index contributed by atoms with van der Waals surface area (Å²) in [5.74, 6) is 6.27. The molecule has 0 aromatic carbocycles. The predicted molar refractivity (Wildman–Crippen MR) is 83.4 cm³/mol. The van der Waals surface area contributed by atoms with Gasteiger partial charge in [-0.2, -0.15) is 0 Å². The molecule has 20 heavy (non-hydrogen) atoms. The van der Waals surface area contributed by atoms with Gasteiger partial charge in [0.05, 0.1) is 22.8 Å². The quantitative estimate of drug-likeness (QED) is 0.558. The first-order valence-electron chi connectivity index (χ1n) is 7.98. The van der Waals surface area contributed by atoms with Crippen LogP contribution in [0.5, 0.6) is 0 Å². The number of rotatable bonds is 7. The Balaban J connectivity index is 3.11. The van der Waals surface area contributed by atoms with Crippen molar-refractivity contribution in [2.24, 2.45) is 11.8 Å². The highest BCUT2D eigenvalue weighted by Gasteiger charge is 2.54. The van der Waals surface area contributed by atoms with E-state index in [4.69, 9.17) is 15.3 Å². The zero-order chi connectivity index (χ0) is 15.6. The van der Waals surface area contributed by atoms with Crippen molar-refractivity contribution in [1.82, 2.24) is 5.43 Å². The van der Waals surface area contributed by atoms with Crippen molar-refractivity contribution >= 4 is 0 Å². The predicted octanol–water partition coefficient (Wildman–Crippen LogP) is 3.01. The van der Waals surface area contributed by atoms with Crippen LogP contribution < -0.4 is 11.3 Å². The third-order valence-electron chi connectivity index (χ3n) is 4.92. The van der Waals surface area contributed by atoms with Crippen molar-refractivity contribution in [3.05, 3.63) is 0 Å². The lowest BCUT2D eigenvalue weighted by Crippen LogP contribution is -2.61. The molecule has 0 aromatic heterocycles. The summed E-state index contributed by atoms with van der Waals surface area (Å²) < 4.78 is 12.4. The van der Waals surface area contributed by atoms with E-state index in [-0.39, 0.29) is 22.8 Å². The third-order valence-corrected chi connectivity index (χ3v) is 4.92. The van der Waals surface area contributed by atoms with Crippen LogP contribution >= 0.6 is 0 Å². The Morgan fingerprint density at radius 2 is 1.80 bits per heavy atom. The number of ether oxygens (including phenoxy) is 2. The molecule has 2 unspecified atom stereocenters. The summed E-state index contributed by atoms with van der Waals surface area (Å²) in [4.78, 5) is 0. The minimum Gasteiger partial charge on any atom is -0.374 e. The van der Waals surface area contributed by atoms with Gasteiger partial charge in [-0.15, -0.1) is 0 Å². The van der Waals surface area contributed by atoms with Crippen LogP contribution in [0.4, 0.5) is 0 Å². The molecule has 1 heterocycles. The lowest BCUT2D eigenvalue weighted by Gasteiger charge is -2.45. The lowest BCUT2D eigenvalue weighted by molar-refractivity contribution is -0.116. The van der Waals surface area contributed by atoms with Crippen LogP contribution in [0.1, 0.15) is 67.7 Å². The average Bonchev–Trinajstić information content (AvgIpc) is 2.57. The van der Waals surface area contributed by atoms with Crippen LogP contribution in [-0.4, -0.2) is 29.5 Å². The van der Waals surface area contributed by atoms with Gasteiger partial charge in [0.15, 0.2) is 0 Å². The molecule has 0 amide bonds. The highest BCUT2D eigenvalue weighted by Crippen LogP contribution is 2.47. The van der Waals surface area contributed by atoms with Gasteiger partial charge in [-0.3, -0.25) is 11.3 Å². The van der Waals surface area contributed by atoms with E-state index in [0.29, 0.717) is 12.5 Å². The summed E-state index contributed by atoms with van der Waals surface area (Å²) in [7, 11) is 0. The van der Waals surface area contributed by atoms with Gasteiger partial charge >= 0.3 is 0 Å². The first-order chi connectivity index (χ1) is 9.18. The molecule has 2 atom stereocenters. The van der Waals surface area contributed by atoms with E-state index in [1.54, 1.807) is 0 Å². The molecule has 1 aliphatic rings. The number of hydrogen-bond acceptors (Lipinski definition) is 4. The Hall–Kier alpha value is -0.160. The van der Waals surface area contributed by atoms with E-state index >= 15 is 0 Å². The number of hydrazine groups is 1. The zero-order valence-electron chi connectivity index (χ0n) is 14.4. The normalized spacial score (nSPS) is 26.7. The molecule has 0 saturated carbocycles. The summed E-state index contributed by atoms with van der Waals surface area (Å²) in [6.07, 6.45) is 2.88. The van der Waals surface area contributed by atoms with Crippen molar-refractivity contribution in [3.63, 3.8) is 0 Å². The first-order valence-corrected chi connectivity index (χ1v) is 7.98. The van der Waals surface area contributed by atoms with Gasteiger partial charge in [-0.05, 0) is 53.9 Å². The van der Waals surface area contributed by atoms with Gasteiger partial charge in [-0.1, -0.05) is 13.8 Å². The van der Waals surface area contributed by atoms with Crippen LogP contribution in [0, 0.1) is 5.92 Å². The minimum atomic E-state index is -0.227. The molecule has 3 N–H and O–H groups in total.